The molecule has 0 saturated carbocycles. The van der Waals surface area contributed by atoms with Crippen LogP contribution in [0.3, 0.4) is 0 Å². The zero-order valence-electron chi connectivity index (χ0n) is 28.0. The van der Waals surface area contributed by atoms with Gasteiger partial charge in [-0.3, -0.25) is 0 Å². The first kappa shape index (κ1) is 37.6. The summed E-state index contributed by atoms with van der Waals surface area (Å²) in [5, 5.41) is 14.6. The van der Waals surface area contributed by atoms with Crippen molar-refractivity contribution in [2.45, 2.75) is 80.5 Å². The van der Waals surface area contributed by atoms with E-state index >= 15 is 0 Å². The second kappa shape index (κ2) is 17.9. The highest BCUT2D eigenvalue weighted by Crippen LogP contribution is 2.33. The summed E-state index contributed by atoms with van der Waals surface area (Å²) in [7, 11) is -2.63. The van der Waals surface area contributed by atoms with Gasteiger partial charge in [0, 0.05) is 26.1 Å². The Morgan fingerprint density at radius 1 is 1.15 bits per heavy atom. The van der Waals surface area contributed by atoms with E-state index < -0.39 is 46.3 Å². The van der Waals surface area contributed by atoms with Crippen molar-refractivity contribution in [2.24, 2.45) is 5.92 Å². The third kappa shape index (κ3) is 10.6. The van der Waals surface area contributed by atoms with Crippen LogP contribution in [0.25, 0.3) is 0 Å². The fraction of sp³-hybridized carbons (Fsp3) is 0.528. The second-order valence-corrected chi connectivity index (χ2v) is 14.5. The number of aliphatic hydroxyl groups excluding tert-OH is 1. The number of hydrogen-bond acceptors (Lipinski definition) is 9. The molecule has 4 rings (SSSR count). The number of allylic oxidation sites excluding steroid dienone is 1. The third-order valence-electron chi connectivity index (χ3n) is 8.71. The lowest BCUT2D eigenvalue weighted by Crippen LogP contribution is -2.54. The molecule has 0 radical (unpaired) electrons. The number of fused-ring (bicyclic) bond motifs is 1. The molecule has 0 aliphatic carbocycles. The summed E-state index contributed by atoms with van der Waals surface area (Å²) in [5.74, 6) is 0.370. The SMILES string of the molecule is C=CCCCCOC(C)(CC(=C)OC)CN(C[C@@H](O)[C@H](Cc1ccccc1)NC(=O)O[C@H]1CO[C@H]2OCC[C@H]21)S(=O)(=O)c1ccccc1. The summed E-state index contributed by atoms with van der Waals surface area (Å²) in [6.45, 7) is 10.2. The number of rotatable bonds is 20. The molecule has 2 saturated heterocycles. The molecule has 48 heavy (non-hydrogen) atoms. The van der Waals surface area contributed by atoms with E-state index in [4.69, 9.17) is 23.7 Å². The smallest absolute Gasteiger partial charge is 0.407 e. The topological polar surface area (TPSA) is 133 Å². The molecule has 2 heterocycles. The number of hydrogen-bond donors (Lipinski definition) is 2. The van der Waals surface area contributed by atoms with Gasteiger partial charge >= 0.3 is 6.09 Å². The fourth-order valence-electron chi connectivity index (χ4n) is 6.07. The largest absolute Gasteiger partial charge is 0.502 e. The molecule has 2 aliphatic heterocycles. The average Bonchev–Trinajstić information content (AvgIpc) is 3.70. The first-order valence-electron chi connectivity index (χ1n) is 16.5. The van der Waals surface area contributed by atoms with Crippen LogP contribution < -0.4 is 5.32 Å². The van der Waals surface area contributed by atoms with Crippen molar-refractivity contribution in [3.8, 4) is 0 Å². The maximum Gasteiger partial charge on any atom is 0.407 e. The van der Waals surface area contributed by atoms with E-state index in [9.17, 15) is 18.3 Å². The molecule has 11 nitrogen and oxygen atoms in total. The molecular formula is C36H50N2O9S. The van der Waals surface area contributed by atoms with Gasteiger partial charge in [-0.05, 0) is 56.7 Å². The molecule has 2 N–H and O–H groups in total. The van der Waals surface area contributed by atoms with Crippen molar-refractivity contribution >= 4 is 16.1 Å². The second-order valence-electron chi connectivity index (χ2n) is 12.6. The number of aliphatic hydroxyl groups is 1. The summed E-state index contributed by atoms with van der Waals surface area (Å²) in [4.78, 5) is 13.3. The number of carbonyl (C=O) groups excluding carboxylic acids is 1. The molecule has 0 spiro atoms. The van der Waals surface area contributed by atoms with Gasteiger partial charge < -0.3 is 34.1 Å². The molecule has 1 amide bonds. The average molecular weight is 687 g/mol. The van der Waals surface area contributed by atoms with Crippen molar-refractivity contribution in [3.05, 3.63) is 91.2 Å². The van der Waals surface area contributed by atoms with Crippen LogP contribution in [0.15, 0.2) is 90.6 Å². The van der Waals surface area contributed by atoms with Crippen LogP contribution >= 0.6 is 0 Å². The summed E-state index contributed by atoms with van der Waals surface area (Å²) < 4.78 is 58.3. The molecule has 2 aliphatic rings. The maximum absolute atomic E-state index is 14.2. The standard InChI is InChI=1S/C36H50N2O9S/c1-5-6-7-14-20-46-36(3,23-27(2)43-4)26-38(48(41,42)29-17-12-9-13-18-29)24-32(39)31(22-28-15-10-8-11-16-28)37-35(40)47-33-25-45-34-30(33)19-21-44-34/h5,8-13,15-18,30-34,39H,1-2,6-7,14,19-26H2,3-4H3,(H,37,40)/t30-,31-,32+,33-,34+,36?/m0/s1. The highest BCUT2D eigenvalue weighted by molar-refractivity contribution is 7.89. The molecule has 6 atom stereocenters. The number of nitrogens with zero attached hydrogens (tertiary/aromatic N) is 1. The van der Waals surface area contributed by atoms with Crippen LogP contribution in [0.5, 0.6) is 0 Å². The van der Waals surface area contributed by atoms with E-state index in [0.717, 1.165) is 31.2 Å². The van der Waals surface area contributed by atoms with E-state index in [-0.39, 0.29) is 43.4 Å². The molecule has 12 heteroatoms. The zero-order chi connectivity index (χ0) is 34.6. The van der Waals surface area contributed by atoms with Gasteiger partial charge in [0.2, 0.25) is 10.0 Å². The predicted molar refractivity (Wildman–Crippen MR) is 182 cm³/mol. The Morgan fingerprint density at radius 2 is 1.85 bits per heavy atom. The van der Waals surface area contributed by atoms with Gasteiger partial charge in [0.15, 0.2) is 6.29 Å². The van der Waals surface area contributed by atoms with Crippen LogP contribution in [-0.4, -0.2) is 94.1 Å². The Bertz CT molecular complexity index is 1430. The minimum Gasteiger partial charge on any atom is -0.502 e. The molecule has 264 valence electrons. The van der Waals surface area contributed by atoms with Gasteiger partial charge in [0.25, 0.3) is 0 Å². The number of ether oxygens (including phenoxy) is 5. The first-order chi connectivity index (χ1) is 23.0. The van der Waals surface area contributed by atoms with Crippen LogP contribution in [0.2, 0.25) is 0 Å². The van der Waals surface area contributed by atoms with E-state index in [2.05, 4.69) is 18.5 Å². The maximum atomic E-state index is 14.2. The van der Waals surface area contributed by atoms with Gasteiger partial charge in [0.1, 0.15) is 6.10 Å². The monoisotopic (exact) mass is 686 g/mol. The van der Waals surface area contributed by atoms with Crippen molar-refractivity contribution in [1.82, 2.24) is 9.62 Å². The molecule has 2 aromatic carbocycles. The van der Waals surface area contributed by atoms with Crippen molar-refractivity contribution < 1.29 is 42.0 Å². The van der Waals surface area contributed by atoms with Crippen LogP contribution in [0.4, 0.5) is 4.79 Å². The summed E-state index contributed by atoms with van der Waals surface area (Å²) in [6.07, 6.45) is 2.54. The predicted octanol–water partition coefficient (Wildman–Crippen LogP) is 4.82. The Labute approximate surface area is 284 Å². The van der Waals surface area contributed by atoms with Crippen molar-refractivity contribution in [3.63, 3.8) is 0 Å². The quantitative estimate of drug-likeness (QED) is 0.114. The molecule has 0 bridgehead atoms. The zero-order valence-corrected chi connectivity index (χ0v) is 28.8. The number of nitrogens with one attached hydrogen (secondary N) is 1. The van der Waals surface area contributed by atoms with Crippen LogP contribution in [-0.2, 0) is 40.1 Å². The Balaban J connectivity index is 1.59. The lowest BCUT2D eigenvalue weighted by Gasteiger charge is -2.37. The van der Waals surface area contributed by atoms with Gasteiger partial charge in [-0.25, -0.2) is 13.2 Å². The van der Waals surface area contributed by atoms with E-state index in [1.165, 1.54) is 23.5 Å². The Kier molecular flexibility index (Phi) is 14.0. The number of amides is 1. The van der Waals surface area contributed by atoms with Gasteiger partial charge in [-0.1, -0.05) is 61.2 Å². The lowest BCUT2D eigenvalue weighted by molar-refractivity contribution is -0.0907. The van der Waals surface area contributed by atoms with Crippen LogP contribution in [0, 0.1) is 5.92 Å². The van der Waals surface area contributed by atoms with Gasteiger partial charge in [-0.2, -0.15) is 4.31 Å². The van der Waals surface area contributed by atoms with Crippen molar-refractivity contribution in [2.75, 3.05) is 40.0 Å². The molecular weight excluding hydrogens is 636 g/mol. The molecule has 0 aromatic heterocycles. The lowest BCUT2D eigenvalue weighted by atomic mass is 9.99. The number of methoxy groups -OCH3 is 1. The van der Waals surface area contributed by atoms with Gasteiger partial charge in [0.05, 0.1) is 54.6 Å². The van der Waals surface area contributed by atoms with Gasteiger partial charge in [-0.15, -0.1) is 6.58 Å². The highest BCUT2D eigenvalue weighted by atomic mass is 32.2. The Morgan fingerprint density at radius 3 is 2.54 bits per heavy atom. The molecule has 2 aromatic rings. The Hall–Kier alpha value is -3.26. The number of alkyl carbamates (subject to hydrolysis) is 1. The fourth-order valence-corrected chi connectivity index (χ4v) is 7.66. The summed E-state index contributed by atoms with van der Waals surface area (Å²) >= 11 is 0. The molecule has 1 unspecified atom stereocenters. The van der Waals surface area contributed by atoms with Crippen molar-refractivity contribution in [1.29, 1.82) is 0 Å². The minimum absolute atomic E-state index is 0.0592. The van der Waals surface area contributed by atoms with Crippen LogP contribution in [0.1, 0.15) is 44.6 Å². The third-order valence-corrected chi connectivity index (χ3v) is 10.5. The van der Waals surface area contributed by atoms with E-state index in [0.29, 0.717) is 19.0 Å². The first-order valence-corrected chi connectivity index (χ1v) is 17.9. The number of carbonyl (C=O) groups is 1. The summed E-state index contributed by atoms with van der Waals surface area (Å²) in [5.41, 5.74) is -0.205. The minimum atomic E-state index is -4.14. The molecule has 2 fully saturated rings. The van der Waals surface area contributed by atoms with E-state index in [1.807, 2.05) is 43.3 Å². The number of unbranched alkanes of at least 4 members (excludes halogenated alkanes) is 2. The van der Waals surface area contributed by atoms with E-state index in [1.54, 1.807) is 18.2 Å². The number of benzene rings is 2. The number of sulfonamides is 1. The normalized spacial score (nSPS) is 21.5. The summed E-state index contributed by atoms with van der Waals surface area (Å²) in [6, 6.07) is 16.5. The highest BCUT2D eigenvalue weighted by Gasteiger charge is 2.44.